The molecule has 0 aliphatic heterocycles. The van der Waals surface area contributed by atoms with Gasteiger partial charge in [0.25, 0.3) is 0 Å². The summed E-state index contributed by atoms with van der Waals surface area (Å²) in [6.07, 6.45) is 28.1. The standard InChI is InChI=1S/C34H54O7S.Na/c1-3-5-7-9-11-13-15-17-19-21-23-27-40-33(35)31-26-25-30(42(37,38)39)29-32(31)34(36)41-28-24-22-20-18-16-14-12-10-8-6-4-2;/h9-12,25-26,29H,3-8,13-24,27-28H2,1-2H3,(H,37,38,39);/q;+1/p-1/b11-9+,12-10+;. The fraction of sp³-hybridized carbons (Fsp3) is 0.647. The van der Waals surface area contributed by atoms with Crippen molar-refractivity contribution in [2.45, 2.75) is 134 Å². The van der Waals surface area contributed by atoms with Crippen LogP contribution in [0.4, 0.5) is 0 Å². The average Bonchev–Trinajstić information content (AvgIpc) is 2.97. The molecule has 0 fully saturated rings. The van der Waals surface area contributed by atoms with E-state index in [-0.39, 0.29) is 53.9 Å². The van der Waals surface area contributed by atoms with Gasteiger partial charge in [0, 0.05) is 0 Å². The quantitative estimate of drug-likeness (QED) is 0.0424. The minimum absolute atomic E-state index is 0. The Kier molecular flexibility index (Phi) is 26.0. The number of esters is 2. The normalized spacial score (nSPS) is 11.6. The maximum absolute atomic E-state index is 12.8. The maximum atomic E-state index is 12.8. The summed E-state index contributed by atoms with van der Waals surface area (Å²) in [6, 6.07) is 3.08. The molecule has 0 bridgehead atoms. The molecule has 0 aromatic heterocycles. The van der Waals surface area contributed by atoms with Crippen molar-refractivity contribution in [3.8, 4) is 0 Å². The SMILES string of the molecule is CCCC/C=C/CCCCCCCOC(=O)c1ccc(S(=O)(=O)[O-])cc1C(=O)OCCCCCCC/C=C/CCCC.[Na+]. The summed E-state index contributed by atoms with van der Waals surface area (Å²) in [5.41, 5.74) is -0.368. The Morgan fingerprint density at radius 3 is 1.47 bits per heavy atom. The van der Waals surface area contributed by atoms with Crippen LogP contribution in [0.25, 0.3) is 0 Å². The number of carbonyl (C=O) groups excluding carboxylic acids is 2. The number of ether oxygens (including phenoxy) is 2. The van der Waals surface area contributed by atoms with E-state index in [9.17, 15) is 22.6 Å². The molecule has 1 aromatic carbocycles. The van der Waals surface area contributed by atoms with Gasteiger partial charge in [-0.05, 0) is 69.6 Å². The van der Waals surface area contributed by atoms with E-state index in [2.05, 4.69) is 38.2 Å². The average molecular weight is 629 g/mol. The second-order valence-corrected chi connectivity index (χ2v) is 12.2. The third-order valence-corrected chi connectivity index (χ3v) is 7.83. The molecule has 0 saturated heterocycles. The summed E-state index contributed by atoms with van der Waals surface area (Å²) < 4.78 is 45.3. The molecule has 1 rings (SSSR count). The van der Waals surface area contributed by atoms with Gasteiger partial charge in [0.1, 0.15) is 10.1 Å². The summed E-state index contributed by atoms with van der Waals surface area (Å²) in [5.74, 6) is -1.58. The molecule has 0 unspecified atom stereocenters. The van der Waals surface area contributed by atoms with Crippen LogP contribution in [0.15, 0.2) is 47.4 Å². The molecular formula is C34H53NaO7S. The first-order valence-electron chi connectivity index (χ1n) is 16.0. The van der Waals surface area contributed by atoms with Crippen molar-refractivity contribution in [2.24, 2.45) is 0 Å². The van der Waals surface area contributed by atoms with Gasteiger partial charge in [-0.3, -0.25) is 0 Å². The van der Waals surface area contributed by atoms with Gasteiger partial charge < -0.3 is 14.0 Å². The molecule has 238 valence electrons. The topological polar surface area (TPSA) is 110 Å². The summed E-state index contributed by atoms with van der Waals surface area (Å²) >= 11 is 0. The first-order chi connectivity index (χ1) is 20.3. The summed E-state index contributed by atoms with van der Waals surface area (Å²) in [5, 5.41) is 0. The van der Waals surface area contributed by atoms with E-state index in [4.69, 9.17) is 9.47 Å². The monoisotopic (exact) mass is 628 g/mol. The Labute approximate surface area is 283 Å². The molecule has 0 heterocycles. The van der Waals surface area contributed by atoms with Crippen molar-refractivity contribution in [3.05, 3.63) is 53.6 Å². The van der Waals surface area contributed by atoms with E-state index >= 15 is 0 Å². The van der Waals surface area contributed by atoms with Crippen LogP contribution in [-0.2, 0) is 19.6 Å². The molecule has 0 N–H and O–H groups in total. The van der Waals surface area contributed by atoms with E-state index in [0.717, 1.165) is 95.2 Å². The van der Waals surface area contributed by atoms with Crippen molar-refractivity contribution in [1.82, 2.24) is 0 Å². The van der Waals surface area contributed by atoms with Crippen molar-refractivity contribution in [2.75, 3.05) is 13.2 Å². The van der Waals surface area contributed by atoms with Gasteiger partial charge in [-0.25, -0.2) is 18.0 Å². The molecule has 1 aromatic rings. The third-order valence-electron chi connectivity index (χ3n) is 7.00. The van der Waals surface area contributed by atoms with Gasteiger partial charge in [-0.15, -0.1) is 0 Å². The van der Waals surface area contributed by atoms with Crippen molar-refractivity contribution in [1.29, 1.82) is 0 Å². The predicted octanol–water partition coefficient (Wildman–Crippen LogP) is 6.08. The van der Waals surface area contributed by atoms with Gasteiger partial charge in [0.05, 0.1) is 29.2 Å². The number of benzene rings is 1. The number of carbonyl (C=O) groups is 2. The minimum Gasteiger partial charge on any atom is -0.744 e. The minimum atomic E-state index is -4.81. The molecule has 0 spiro atoms. The Bertz CT molecular complexity index is 1050. The van der Waals surface area contributed by atoms with E-state index in [1.165, 1.54) is 25.7 Å². The molecule has 0 amide bonds. The Morgan fingerprint density at radius 1 is 0.628 bits per heavy atom. The van der Waals surface area contributed by atoms with Crippen LogP contribution < -0.4 is 29.6 Å². The Hall–Kier alpha value is -1.45. The van der Waals surface area contributed by atoms with Crippen LogP contribution in [-0.4, -0.2) is 38.1 Å². The van der Waals surface area contributed by atoms with Gasteiger partial charge in [0.15, 0.2) is 0 Å². The van der Waals surface area contributed by atoms with Crippen LogP contribution in [0.3, 0.4) is 0 Å². The Balaban J connectivity index is 0.0000176. The maximum Gasteiger partial charge on any atom is 1.00 e. The van der Waals surface area contributed by atoms with Gasteiger partial charge in [-0.2, -0.15) is 0 Å². The second-order valence-electron chi connectivity index (χ2n) is 10.8. The molecule has 0 aliphatic carbocycles. The number of unbranched alkanes of at least 4 members (excludes halogenated alkanes) is 14. The van der Waals surface area contributed by atoms with Gasteiger partial charge >= 0.3 is 41.5 Å². The molecule has 43 heavy (non-hydrogen) atoms. The number of rotatable bonds is 25. The van der Waals surface area contributed by atoms with Crippen LogP contribution in [0.5, 0.6) is 0 Å². The van der Waals surface area contributed by atoms with Gasteiger partial charge in [-0.1, -0.05) is 102 Å². The summed E-state index contributed by atoms with van der Waals surface area (Å²) in [6.45, 7) is 4.72. The molecule has 0 aliphatic rings. The molecule has 0 atom stereocenters. The number of allylic oxidation sites excluding steroid dienone is 4. The number of hydrogen-bond acceptors (Lipinski definition) is 7. The molecule has 9 heteroatoms. The van der Waals surface area contributed by atoms with Crippen LogP contribution in [0.2, 0.25) is 0 Å². The van der Waals surface area contributed by atoms with E-state index in [1.807, 2.05) is 0 Å². The summed E-state index contributed by atoms with van der Waals surface area (Å²) in [7, 11) is -4.81. The molecular weight excluding hydrogens is 575 g/mol. The van der Waals surface area contributed by atoms with Crippen molar-refractivity contribution >= 4 is 22.1 Å². The van der Waals surface area contributed by atoms with Crippen molar-refractivity contribution in [3.63, 3.8) is 0 Å². The van der Waals surface area contributed by atoms with E-state index in [0.29, 0.717) is 12.8 Å². The molecule has 7 nitrogen and oxygen atoms in total. The first kappa shape index (κ1) is 41.5. The van der Waals surface area contributed by atoms with Crippen LogP contribution >= 0.6 is 0 Å². The smallest absolute Gasteiger partial charge is 0.744 e. The molecule has 0 saturated carbocycles. The summed E-state index contributed by atoms with van der Waals surface area (Å²) in [4.78, 5) is 24.9. The fourth-order valence-electron chi connectivity index (χ4n) is 4.42. The van der Waals surface area contributed by atoms with Crippen LogP contribution in [0, 0.1) is 0 Å². The van der Waals surface area contributed by atoms with Crippen molar-refractivity contribution < 1.29 is 61.6 Å². The van der Waals surface area contributed by atoms with E-state index in [1.54, 1.807) is 0 Å². The predicted molar refractivity (Wildman–Crippen MR) is 168 cm³/mol. The fourth-order valence-corrected chi connectivity index (χ4v) is 4.91. The van der Waals surface area contributed by atoms with E-state index < -0.39 is 27.0 Å². The third kappa shape index (κ3) is 21.0. The number of hydrogen-bond donors (Lipinski definition) is 0. The zero-order valence-corrected chi connectivity index (χ0v) is 29.8. The van der Waals surface area contributed by atoms with Gasteiger partial charge in [0.2, 0.25) is 0 Å². The second kappa shape index (κ2) is 26.9. The van der Waals surface area contributed by atoms with Crippen LogP contribution in [0.1, 0.15) is 150 Å². The Morgan fingerprint density at radius 2 is 1.02 bits per heavy atom. The zero-order valence-electron chi connectivity index (χ0n) is 26.9. The first-order valence-corrected chi connectivity index (χ1v) is 17.5. The zero-order chi connectivity index (χ0) is 30.9. The largest absolute Gasteiger partial charge is 1.00 e. The molecule has 0 radical (unpaired) electrons.